The largest absolute Gasteiger partial charge is 0.371 e. The number of rotatable bonds is 5. The third-order valence-electron chi connectivity index (χ3n) is 4.52. The van der Waals surface area contributed by atoms with Crippen LogP contribution in [0.1, 0.15) is 17.2 Å². The van der Waals surface area contributed by atoms with Crippen molar-refractivity contribution in [2.24, 2.45) is 0 Å². The molecule has 2 N–H and O–H groups in total. The molecular formula is C21H25N3O3. The van der Waals surface area contributed by atoms with Crippen molar-refractivity contribution in [3.05, 3.63) is 65.7 Å². The Hall–Kier alpha value is -2.70. The van der Waals surface area contributed by atoms with Crippen LogP contribution < -0.4 is 10.6 Å². The monoisotopic (exact) mass is 367 g/mol. The second-order valence-corrected chi connectivity index (χ2v) is 6.65. The van der Waals surface area contributed by atoms with Crippen LogP contribution in [0.3, 0.4) is 0 Å². The molecule has 3 rings (SSSR count). The van der Waals surface area contributed by atoms with E-state index in [1.807, 2.05) is 43.3 Å². The van der Waals surface area contributed by atoms with E-state index >= 15 is 0 Å². The first kappa shape index (κ1) is 19.1. The number of morpholine rings is 1. The number of aryl methyl sites for hydroxylation is 1. The van der Waals surface area contributed by atoms with Crippen molar-refractivity contribution in [3.8, 4) is 0 Å². The summed E-state index contributed by atoms with van der Waals surface area (Å²) in [6.07, 6.45) is 0.0419. The molecular weight excluding hydrogens is 342 g/mol. The van der Waals surface area contributed by atoms with Gasteiger partial charge >= 0.3 is 11.8 Å². The lowest BCUT2D eigenvalue weighted by molar-refractivity contribution is -0.136. The van der Waals surface area contributed by atoms with Gasteiger partial charge in [0.2, 0.25) is 0 Å². The van der Waals surface area contributed by atoms with Crippen LogP contribution in [-0.4, -0.2) is 49.5 Å². The van der Waals surface area contributed by atoms with Crippen LogP contribution in [0.15, 0.2) is 54.6 Å². The van der Waals surface area contributed by atoms with Gasteiger partial charge in [-0.2, -0.15) is 0 Å². The number of benzene rings is 2. The smallest absolute Gasteiger partial charge is 0.313 e. The predicted octanol–water partition coefficient (Wildman–Crippen LogP) is 2.12. The quantitative estimate of drug-likeness (QED) is 0.795. The molecule has 2 aromatic rings. The van der Waals surface area contributed by atoms with Crippen molar-refractivity contribution in [1.29, 1.82) is 0 Å². The van der Waals surface area contributed by atoms with Crippen LogP contribution in [0, 0.1) is 6.92 Å². The maximum absolute atomic E-state index is 12.0. The van der Waals surface area contributed by atoms with Gasteiger partial charge in [-0.05, 0) is 30.2 Å². The molecule has 6 heteroatoms. The first-order valence-corrected chi connectivity index (χ1v) is 9.16. The molecule has 0 bridgehead atoms. The van der Waals surface area contributed by atoms with E-state index in [1.165, 1.54) is 0 Å². The number of amides is 2. The molecule has 142 valence electrons. The summed E-state index contributed by atoms with van der Waals surface area (Å²) in [5.41, 5.74) is 2.80. The number of nitrogens with zero attached hydrogens (tertiary/aromatic N) is 1. The van der Waals surface area contributed by atoms with Crippen LogP contribution in [0.5, 0.6) is 0 Å². The SMILES string of the molecule is Cc1cccc(NC(=O)C(=O)NCCN2CCOC(c3ccccc3)C2)c1. The molecule has 2 amide bonds. The molecule has 0 spiro atoms. The molecule has 1 aliphatic rings. The molecule has 1 unspecified atom stereocenters. The molecule has 1 atom stereocenters. The average molecular weight is 367 g/mol. The highest BCUT2D eigenvalue weighted by Gasteiger charge is 2.22. The molecule has 1 heterocycles. The summed E-state index contributed by atoms with van der Waals surface area (Å²) in [6.45, 7) is 5.27. The normalized spacial score (nSPS) is 17.3. The Balaban J connectivity index is 1.42. The Labute approximate surface area is 159 Å². The van der Waals surface area contributed by atoms with Gasteiger partial charge in [-0.25, -0.2) is 0 Å². The molecule has 0 aliphatic carbocycles. The summed E-state index contributed by atoms with van der Waals surface area (Å²) in [4.78, 5) is 26.2. The molecule has 0 saturated carbocycles. The van der Waals surface area contributed by atoms with E-state index in [-0.39, 0.29) is 6.10 Å². The van der Waals surface area contributed by atoms with Gasteiger partial charge in [0.05, 0.1) is 12.7 Å². The maximum atomic E-state index is 12.0. The number of anilines is 1. The average Bonchev–Trinajstić information content (AvgIpc) is 2.69. The van der Waals surface area contributed by atoms with E-state index in [0.29, 0.717) is 25.4 Å². The minimum atomic E-state index is -0.648. The van der Waals surface area contributed by atoms with E-state index in [4.69, 9.17) is 4.74 Å². The van der Waals surface area contributed by atoms with Crippen molar-refractivity contribution in [1.82, 2.24) is 10.2 Å². The second-order valence-electron chi connectivity index (χ2n) is 6.65. The third-order valence-corrected chi connectivity index (χ3v) is 4.52. The van der Waals surface area contributed by atoms with Gasteiger partial charge in [0.15, 0.2) is 0 Å². The number of nitrogens with one attached hydrogen (secondary N) is 2. The summed E-state index contributed by atoms with van der Waals surface area (Å²) < 4.78 is 5.84. The molecule has 1 saturated heterocycles. The lowest BCUT2D eigenvalue weighted by atomic mass is 10.1. The first-order chi connectivity index (χ1) is 13.1. The number of hydrogen-bond donors (Lipinski definition) is 2. The van der Waals surface area contributed by atoms with E-state index in [2.05, 4.69) is 27.7 Å². The molecule has 0 radical (unpaired) electrons. The summed E-state index contributed by atoms with van der Waals surface area (Å²) in [5, 5.41) is 5.30. The van der Waals surface area contributed by atoms with Crippen LogP contribution in [-0.2, 0) is 14.3 Å². The highest BCUT2D eigenvalue weighted by molar-refractivity contribution is 6.39. The third kappa shape index (κ3) is 5.64. The van der Waals surface area contributed by atoms with Gasteiger partial charge in [0.25, 0.3) is 0 Å². The fraction of sp³-hybridized carbons (Fsp3) is 0.333. The molecule has 1 aliphatic heterocycles. The Morgan fingerprint density at radius 1 is 1.11 bits per heavy atom. The fourth-order valence-corrected chi connectivity index (χ4v) is 3.09. The van der Waals surface area contributed by atoms with Crippen molar-refractivity contribution in [2.75, 3.05) is 38.1 Å². The molecule has 0 aromatic heterocycles. The highest BCUT2D eigenvalue weighted by atomic mass is 16.5. The first-order valence-electron chi connectivity index (χ1n) is 9.16. The van der Waals surface area contributed by atoms with Crippen LogP contribution in [0.2, 0.25) is 0 Å². The number of ether oxygens (including phenoxy) is 1. The Morgan fingerprint density at radius 3 is 2.70 bits per heavy atom. The lowest BCUT2D eigenvalue weighted by Crippen LogP contribution is -2.44. The van der Waals surface area contributed by atoms with E-state index in [9.17, 15) is 9.59 Å². The van der Waals surface area contributed by atoms with Gasteiger partial charge in [-0.3, -0.25) is 14.5 Å². The maximum Gasteiger partial charge on any atom is 0.313 e. The minimum absolute atomic E-state index is 0.0419. The van der Waals surface area contributed by atoms with Crippen molar-refractivity contribution in [2.45, 2.75) is 13.0 Å². The van der Waals surface area contributed by atoms with Gasteiger partial charge < -0.3 is 15.4 Å². The fourth-order valence-electron chi connectivity index (χ4n) is 3.09. The molecule has 2 aromatic carbocycles. The zero-order valence-corrected chi connectivity index (χ0v) is 15.5. The van der Waals surface area contributed by atoms with E-state index < -0.39 is 11.8 Å². The second kappa shape index (κ2) is 9.30. The molecule has 1 fully saturated rings. The van der Waals surface area contributed by atoms with Crippen molar-refractivity contribution in [3.63, 3.8) is 0 Å². The zero-order chi connectivity index (χ0) is 19.1. The minimum Gasteiger partial charge on any atom is -0.371 e. The van der Waals surface area contributed by atoms with Gasteiger partial charge in [0.1, 0.15) is 0 Å². The zero-order valence-electron chi connectivity index (χ0n) is 15.5. The van der Waals surface area contributed by atoms with Crippen LogP contribution in [0.4, 0.5) is 5.69 Å². The van der Waals surface area contributed by atoms with Crippen LogP contribution >= 0.6 is 0 Å². The predicted molar refractivity (Wildman–Crippen MR) is 104 cm³/mol. The molecule has 6 nitrogen and oxygen atoms in total. The highest BCUT2D eigenvalue weighted by Crippen LogP contribution is 2.21. The molecule has 27 heavy (non-hydrogen) atoms. The van der Waals surface area contributed by atoms with Crippen molar-refractivity contribution < 1.29 is 14.3 Å². The van der Waals surface area contributed by atoms with Crippen LogP contribution in [0.25, 0.3) is 0 Å². The van der Waals surface area contributed by atoms with Crippen molar-refractivity contribution >= 4 is 17.5 Å². The number of carbonyl (C=O) groups is 2. The van der Waals surface area contributed by atoms with Gasteiger partial charge in [0, 0.05) is 31.9 Å². The number of carbonyl (C=O) groups excluding carboxylic acids is 2. The summed E-state index contributed by atoms with van der Waals surface area (Å²) in [6, 6.07) is 17.5. The Kier molecular flexibility index (Phi) is 6.57. The van der Waals surface area contributed by atoms with E-state index in [1.54, 1.807) is 6.07 Å². The van der Waals surface area contributed by atoms with E-state index in [0.717, 1.165) is 24.2 Å². The lowest BCUT2D eigenvalue weighted by Gasteiger charge is -2.33. The topological polar surface area (TPSA) is 70.7 Å². The summed E-state index contributed by atoms with van der Waals surface area (Å²) in [5.74, 6) is -1.27. The Bertz CT molecular complexity index is 779. The number of hydrogen-bond acceptors (Lipinski definition) is 4. The standard InChI is InChI=1S/C21H25N3O3/c1-16-6-5-9-18(14-16)23-21(26)20(25)22-10-11-24-12-13-27-19(15-24)17-7-3-2-4-8-17/h2-9,14,19H,10-13,15H2,1H3,(H,22,25)(H,23,26). The summed E-state index contributed by atoms with van der Waals surface area (Å²) >= 11 is 0. The van der Waals surface area contributed by atoms with Gasteiger partial charge in [-0.1, -0.05) is 42.5 Å². The van der Waals surface area contributed by atoms with Gasteiger partial charge in [-0.15, -0.1) is 0 Å². The Morgan fingerprint density at radius 2 is 1.93 bits per heavy atom. The summed E-state index contributed by atoms with van der Waals surface area (Å²) in [7, 11) is 0.